The number of benzene rings is 2. The molecule has 29 heavy (non-hydrogen) atoms. The molecule has 2 aliphatic rings. The van der Waals surface area contributed by atoms with Crippen LogP contribution in [-0.2, 0) is 6.42 Å². The molecule has 3 aromatic rings. The summed E-state index contributed by atoms with van der Waals surface area (Å²) in [6.45, 7) is 6.37. The molecule has 2 aromatic carbocycles. The number of hydrogen-bond acceptors (Lipinski definition) is 5. The molecule has 0 spiro atoms. The normalized spacial score (nSPS) is 16.7. The van der Waals surface area contributed by atoms with Gasteiger partial charge < -0.3 is 19.4 Å². The average Bonchev–Trinajstić information content (AvgIpc) is 3.20. The number of hydrogen-bond donors (Lipinski definition) is 1. The molecule has 1 fully saturated rings. The highest BCUT2D eigenvalue weighted by molar-refractivity contribution is 5.84. The van der Waals surface area contributed by atoms with Crippen molar-refractivity contribution in [3.05, 3.63) is 53.7 Å². The van der Waals surface area contributed by atoms with E-state index < -0.39 is 0 Å². The zero-order valence-electron chi connectivity index (χ0n) is 16.4. The van der Waals surface area contributed by atoms with Crippen molar-refractivity contribution in [2.75, 3.05) is 50.8 Å². The highest BCUT2D eigenvalue weighted by atomic mass is 16.6. The predicted molar refractivity (Wildman–Crippen MR) is 113 cm³/mol. The van der Waals surface area contributed by atoms with Gasteiger partial charge in [0.05, 0.1) is 11.6 Å². The summed E-state index contributed by atoms with van der Waals surface area (Å²) in [7, 11) is 0. The van der Waals surface area contributed by atoms with Crippen LogP contribution in [-0.4, -0.2) is 55.8 Å². The number of piperazine rings is 1. The van der Waals surface area contributed by atoms with Gasteiger partial charge in [-0.2, -0.15) is 5.26 Å². The number of nitriles is 1. The van der Waals surface area contributed by atoms with Crippen LogP contribution >= 0.6 is 0 Å². The van der Waals surface area contributed by atoms with Crippen LogP contribution in [0, 0.1) is 11.3 Å². The molecule has 0 atom stereocenters. The van der Waals surface area contributed by atoms with Crippen molar-refractivity contribution >= 4 is 16.6 Å². The number of nitrogens with one attached hydrogen (secondary N) is 1. The van der Waals surface area contributed by atoms with Gasteiger partial charge in [-0.25, -0.2) is 0 Å². The molecule has 5 rings (SSSR count). The smallest absolute Gasteiger partial charge is 0.163 e. The molecular formula is C23H24N4O2. The van der Waals surface area contributed by atoms with E-state index in [1.54, 1.807) is 0 Å². The van der Waals surface area contributed by atoms with E-state index in [0.717, 1.165) is 56.2 Å². The summed E-state index contributed by atoms with van der Waals surface area (Å²) in [6, 6.07) is 14.3. The van der Waals surface area contributed by atoms with Crippen LogP contribution in [0.4, 0.5) is 5.69 Å². The molecule has 0 bridgehead atoms. The monoisotopic (exact) mass is 388 g/mol. The molecule has 1 N–H and O–H groups in total. The van der Waals surface area contributed by atoms with Crippen LogP contribution in [0.2, 0.25) is 0 Å². The predicted octanol–water partition coefficient (Wildman–Crippen LogP) is 3.18. The maximum atomic E-state index is 9.16. The summed E-state index contributed by atoms with van der Waals surface area (Å²) in [5.74, 6) is 1.70. The second-order valence-electron chi connectivity index (χ2n) is 7.59. The summed E-state index contributed by atoms with van der Waals surface area (Å²) in [5, 5.41) is 10.3. The first kappa shape index (κ1) is 17.9. The van der Waals surface area contributed by atoms with E-state index >= 15 is 0 Å². The van der Waals surface area contributed by atoms with Gasteiger partial charge >= 0.3 is 0 Å². The third-order valence-electron chi connectivity index (χ3n) is 5.86. The number of aromatic nitrogens is 1. The molecular weight excluding hydrogens is 364 g/mol. The Balaban J connectivity index is 1.19. The lowest BCUT2D eigenvalue weighted by Crippen LogP contribution is -2.47. The van der Waals surface area contributed by atoms with Crippen molar-refractivity contribution in [2.45, 2.75) is 6.42 Å². The van der Waals surface area contributed by atoms with Gasteiger partial charge in [-0.05, 0) is 42.3 Å². The molecule has 148 valence electrons. The number of nitrogens with zero attached hydrogens (tertiary/aromatic N) is 3. The van der Waals surface area contributed by atoms with E-state index in [1.807, 2.05) is 24.3 Å². The van der Waals surface area contributed by atoms with Gasteiger partial charge in [0, 0.05) is 61.6 Å². The van der Waals surface area contributed by atoms with Crippen molar-refractivity contribution in [3.63, 3.8) is 0 Å². The largest absolute Gasteiger partial charge is 0.486 e. The number of H-pyrrole nitrogens is 1. The highest BCUT2D eigenvalue weighted by Gasteiger charge is 2.20. The van der Waals surface area contributed by atoms with Crippen molar-refractivity contribution in [1.82, 2.24) is 9.88 Å². The fourth-order valence-corrected chi connectivity index (χ4v) is 4.19. The standard InChI is InChI=1S/C23H24N4O2/c24-15-17-1-3-21-20(13-17)18(16-25-21)5-6-26-7-9-27(10-8-26)19-2-4-22-23(14-19)29-12-11-28-22/h1-4,13-14,16,25H,5-12H2. The Morgan fingerprint density at radius 3 is 2.62 bits per heavy atom. The number of anilines is 1. The van der Waals surface area contributed by atoms with Crippen molar-refractivity contribution in [2.24, 2.45) is 0 Å². The first-order chi connectivity index (χ1) is 14.3. The molecule has 6 heteroatoms. The Bertz CT molecular complexity index is 1060. The quantitative estimate of drug-likeness (QED) is 0.744. The molecule has 2 aliphatic heterocycles. The van der Waals surface area contributed by atoms with Crippen LogP contribution in [0.5, 0.6) is 11.5 Å². The average molecular weight is 388 g/mol. The minimum Gasteiger partial charge on any atom is -0.486 e. The molecule has 3 heterocycles. The third-order valence-corrected chi connectivity index (χ3v) is 5.86. The highest BCUT2D eigenvalue weighted by Crippen LogP contribution is 2.34. The lowest BCUT2D eigenvalue weighted by atomic mass is 10.1. The van der Waals surface area contributed by atoms with Gasteiger partial charge in [-0.1, -0.05) is 0 Å². The van der Waals surface area contributed by atoms with Crippen molar-refractivity contribution < 1.29 is 9.47 Å². The minimum absolute atomic E-state index is 0.619. The summed E-state index contributed by atoms with van der Waals surface area (Å²) in [6.07, 6.45) is 3.07. The second kappa shape index (κ2) is 7.69. The molecule has 6 nitrogen and oxygen atoms in total. The Hall–Kier alpha value is -3.17. The summed E-state index contributed by atoms with van der Waals surface area (Å²) >= 11 is 0. The first-order valence-electron chi connectivity index (χ1n) is 10.2. The number of rotatable bonds is 4. The van der Waals surface area contributed by atoms with E-state index in [0.29, 0.717) is 18.8 Å². The fraction of sp³-hybridized carbons (Fsp3) is 0.348. The zero-order valence-corrected chi connectivity index (χ0v) is 16.4. The third kappa shape index (κ3) is 3.62. The maximum Gasteiger partial charge on any atom is 0.163 e. The van der Waals surface area contributed by atoms with E-state index in [4.69, 9.17) is 14.7 Å². The molecule has 1 saturated heterocycles. The summed E-state index contributed by atoms with van der Waals surface area (Å²) < 4.78 is 11.3. The lowest BCUT2D eigenvalue weighted by Gasteiger charge is -2.36. The van der Waals surface area contributed by atoms with Crippen molar-refractivity contribution in [3.8, 4) is 17.6 Å². The Morgan fingerprint density at radius 2 is 1.79 bits per heavy atom. The van der Waals surface area contributed by atoms with Gasteiger partial charge in [0.1, 0.15) is 13.2 Å². The topological polar surface area (TPSA) is 64.5 Å². The Morgan fingerprint density at radius 1 is 0.966 bits per heavy atom. The maximum absolute atomic E-state index is 9.16. The van der Waals surface area contributed by atoms with Crippen LogP contribution in [0.15, 0.2) is 42.6 Å². The van der Waals surface area contributed by atoms with Crippen LogP contribution < -0.4 is 14.4 Å². The first-order valence-corrected chi connectivity index (χ1v) is 10.2. The Labute approximate surface area is 170 Å². The molecule has 0 unspecified atom stereocenters. The molecule has 0 saturated carbocycles. The van der Waals surface area contributed by atoms with Crippen LogP contribution in [0.3, 0.4) is 0 Å². The van der Waals surface area contributed by atoms with Crippen LogP contribution in [0.1, 0.15) is 11.1 Å². The number of ether oxygens (including phenoxy) is 2. The summed E-state index contributed by atoms with van der Waals surface area (Å²) in [4.78, 5) is 8.25. The number of aromatic amines is 1. The fourth-order valence-electron chi connectivity index (χ4n) is 4.19. The van der Waals surface area contributed by atoms with Gasteiger partial charge in [0.15, 0.2) is 11.5 Å². The van der Waals surface area contributed by atoms with Crippen molar-refractivity contribution in [1.29, 1.82) is 5.26 Å². The van der Waals surface area contributed by atoms with Gasteiger partial charge in [0.2, 0.25) is 0 Å². The van der Waals surface area contributed by atoms with E-state index in [2.05, 4.69) is 39.2 Å². The van der Waals surface area contributed by atoms with Crippen LogP contribution in [0.25, 0.3) is 10.9 Å². The molecule has 0 radical (unpaired) electrons. The van der Waals surface area contributed by atoms with Gasteiger partial charge in [-0.15, -0.1) is 0 Å². The zero-order chi connectivity index (χ0) is 19.6. The lowest BCUT2D eigenvalue weighted by molar-refractivity contribution is 0.171. The molecule has 1 aromatic heterocycles. The Kier molecular flexibility index (Phi) is 4.74. The molecule has 0 amide bonds. The second-order valence-corrected chi connectivity index (χ2v) is 7.59. The van der Waals surface area contributed by atoms with E-state index in [9.17, 15) is 0 Å². The van der Waals surface area contributed by atoms with Gasteiger partial charge in [0.25, 0.3) is 0 Å². The SMILES string of the molecule is N#Cc1ccc2[nH]cc(CCN3CCN(c4ccc5c(c4)OCCO5)CC3)c2c1. The van der Waals surface area contributed by atoms with E-state index in [1.165, 1.54) is 16.6 Å². The summed E-state index contributed by atoms with van der Waals surface area (Å²) in [5.41, 5.74) is 4.30. The molecule has 0 aliphatic carbocycles. The minimum atomic E-state index is 0.619. The number of fused-ring (bicyclic) bond motifs is 2. The van der Waals surface area contributed by atoms with Gasteiger partial charge in [-0.3, -0.25) is 4.90 Å². The van der Waals surface area contributed by atoms with E-state index in [-0.39, 0.29) is 0 Å².